The molecule has 9 heteroatoms. The average Bonchev–Trinajstić information content (AvgIpc) is 2.51. The van der Waals surface area contributed by atoms with E-state index in [1.54, 1.807) is 0 Å². The maximum Gasteiger partial charge on any atom is 0.438 e. The van der Waals surface area contributed by atoms with Gasteiger partial charge in [0.1, 0.15) is 5.75 Å². The highest BCUT2D eigenvalue weighted by Crippen LogP contribution is 2.40. The largest absolute Gasteiger partial charge is 0.493 e. The van der Waals surface area contributed by atoms with E-state index in [0.717, 1.165) is 0 Å². The number of rotatable bonds is 7. The second-order valence-electron chi connectivity index (χ2n) is 3.62. The molecule has 0 N–H and O–H groups in total. The molecule has 0 saturated heterocycles. The van der Waals surface area contributed by atoms with Crippen molar-refractivity contribution in [1.82, 2.24) is 5.01 Å². The van der Waals surface area contributed by atoms with Crippen LogP contribution in [0.2, 0.25) is 0 Å². The molecule has 0 heterocycles. The molecule has 0 fully saturated rings. The first-order chi connectivity index (χ1) is 10.1. The monoisotopic (exact) mass is 318 g/mol. The first-order valence-electron chi connectivity index (χ1n) is 5.79. The molecule has 0 bridgehead atoms. The number of alkyl halides is 1. The topological polar surface area (TPSA) is 86.7 Å². The first-order valence-corrected chi connectivity index (χ1v) is 6.33. The molecule has 0 spiro atoms. The molecular formula is C12H15ClN2O6. The van der Waals surface area contributed by atoms with Crippen LogP contribution in [0.25, 0.3) is 0 Å². The highest BCUT2D eigenvalue weighted by Gasteiger charge is 2.19. The number of benzene rings is 1. The minimum absolute atomic E-state index is 0.0517. The van der Waals surface area contributed by atoms with Crippen molar-refractivity contribution < 1.29 is 23.7 Å². The summed E-state index contributed by atoms with van der Waals surface area (Å²) in [5, 5.41) is 3.10. The molecule has 0 unspecified atom stereocenters. The third-order valence-electron chi connectivity index (χ3n) is 2.45. The molecule has 0 atom stereocenters. The maximum atomic E-state index is 11.7. The van der Waals surface area contributed by atoms with E-state index in [-0.39, 0.29) is 18.2 Å². The van der Waals surface area contributed by atoms with Gasteiger partial charge < -0.3 is 18.9 Å². The standard InChI is InChI=1S/C12H15ClN2O6/c1-18-9-6-8(7-10(19-2)11(9)20-3)21-12(16)15(14-17)5-4-13/h6-7H,4-5H2,1-3H3. The van der Waals surface area contributed by atoms with Crippen LogP contribution in [0, 0.1) is 4.91 Å². The molecule has 1 aromatic rings. The van der Waals surface area contributed by atoms with Gasteiger partial charge in [-0.25, -0.2) is 4.79 Å². The Labute approximate surface area is 126 Å². The highest BCUT2D eigenvalue weighted by molar-refractivity contribution is 6.18. The smallest absolute Gasteiger partial charge is 0.438 e. The van der Waals surface area contributed by atoms with E-state index >= 15 is 0 Å². The molecule has 1 amide bonds. The van der Waals surface area contributed by atoms with Crippen molar-refractivity contribution in [2.45, 2.75) is 0 Å². The van der Waals surface area contributed by atoms with Gasteiger partial charge in [-0.05, 0) is 0 Å². The lowest BCUT2D eigenvalue weighted by Crippen LogP contribution is -2.30. The number of halogens is 1. The van der Waals surface area contributed by atoms with Crippen molar-refractivity contribution in [2.24, 2.45) is 5.29 Å². The van der Waals surface area contributed by atoms with Crippen molar-refractivity contribution >= 4 is 17.7 Å². The molecule has 0 aromatic heterocycles. The summed E-state index contributed by atoms with van der Waals surface area (Å²) < 4.78 is 20.4. The third kappa shape index (κ3) is 4.12. The zero-order valence-electron chi connectivity index (χ0n) is 11.8. The van der Waals surface area contributed by atoms with E-state index in [2.05, 4.69) is 5.29 Å². The van der Waals surface area contributed by atoms with Crippen LogP contribution in [0.1, 0.15) is 0 Å². The predicted molar refractivity (Wildman–Crippen MR) is 75.3 cm³/mol. The lowest BCUT2D eigenvalue weighted by Gasteiger charge is -2.15. The number of amides is 1. The van der Waals surface area contributed by atoms with Crippen LogP contribution in [-0.4, -0.2) is 44.9 Å². The predicted octanol–water partition coefficient (Wildman–Crippen LogP) is 2.43. The van der Waals surface area contributed by atoms with Crippen LogP contribution in [0.5, 0.6) is 23.0 Å². The van der Waals surface area contributed by atoms with Crippen LogP contribution in [0.3, 0.4) is 0 Å². The number of hydrogen-bond acceptors (Lipinski definition) is 7. The van der Waals surface area contributed by atoms with E-state index < -0.39 is 6.09 Å². The Morgan fingerprint density at radius 1 is 1.19 bits per heavy atom. The summed E-state index contributed by atoms with van der Waals surface area (Å²) in [4.78, 5) is 22.2. The van der Waals surface area contributed by atoms with Gasteiger partial charge in [0, 0.05) is 18.0 Å². The summed E-state index contributed by atoms with van der Waals surface area (Å²) in [6.45, 7) is -0.0612. The number of hydrogen-bond donors (Lipinski definition) is 0. The summed E-state index contributed by atoms with van der Waals surface area (Å²) in [6, 6.07) is 2.84. The number of ether oxygens (including phenoxy) is 4. The Balaban J connectivity index is 3.03. The normalized spacial score (nSPS) is 9.71. The molecule has 1 aromatic carbocycles. The van der Waals surface area contributed by atoms with E-state index in [1.165, 1.54) is 33.5 Å². The van der Waals surface area contributed by atoms with Gasteiger partial charge in [-0.1, -0.05) is 0 Å². The average molecular weight is 319 g/mol. The van der Waals surface area contributed by atoms with Crippen molar-refractivity contribution in [3.63, 3.8) is 0 Å². The van der Waals surface area contributed by atoms with Crippen molar-refractivity contribution in [3.8, 4) is 23.0 Å². The fourth-order valence-electron chi connectivity index (χ4n) is 1.51. The number of carbonyl (C=O) groups is 1. The highest BCUT2D eigenvalue weighted by atomic mass is 35.5. The van der Waals surface area contributed by atoms with Gasteiger partial charge in [-0.2, -0.15) is 5.01 Å². The second kappa shape index (κ2) is 8.15. The molecule has 0 aliphatic carbocycles. The molecule has 1 rings (SSSR count). The van der Waals surface area contributed by atoms with Crippen molar-refractivity contribution in [2.75, 3.05) is 33.8 Å². The molecule has 21 heavy (non-hydrogen) atoms. The minimum atomic E-state index is -0.958. The molecule has 0 saturated carbocycles. The van der Waals surface area contributed by atoms with Gasteiger partial charge in [0.15, 0.2) is 11.5 Å². The Kier molecular flexibility index (Phi) is 6.54. The molecule has 8 nitrogen and oxygen atoms in total. The number of nitroso groups, excluding NO2 is 1. The van der Waals surface area contributed by atoms with Gasteiger partial charge in [0.05, 0.1) is 33.2 Å². The Morgan fingerprint density at radius 2 is 1.76 bits per heavy atom. The zero-order valence-corrected chi connectivity index (χ0v) is 12.5. The van der Waals surface area contributed by atoms with Crippen LogP contribution in [-0.2, 0) is 0 Å². The summed E-state index contributed by atoms with van der Waals surface area (Å²) in [5.74, 6) is 1.13. The van der Waals surface area contributed by atoms with Gasteiger partial charge in [0.2, 0.25) is 5.75 Å². The SMILES string of the molecule is COc1cc(OC(=O)N(CCCl)N=O)cc(OC)c1OC. The van der Waals surface area contributed by atoms with E-state index in [9.17, 15) is 9.70 Å². The van der Waals surface area contributed by atoms with E-state index in [0.29, 0.717) is 22.3 Å². The summed E-state index contributed by atoms with van der Waals surface area (Å²) in [7, 11) is 4.30. The minimum Gasteiger partial charge on any atom is -0.493 e. The summed E-state index contributed by atoms with van der Waals surface area (Å²) in [6.07, 6.45) is -0.958. The lowest BCUT2D eigenvalue weighted by molar-refractivity contribution is 0.156. The quantitative estimate of drug-likeness (QED) is 0.436. The Hall–Kier alpha value is -2.22. The second-order valence-corrected chi connectivity index (χ2v) is 4.00. The van der Waals surface area contributed by atoms with Crippen LogP contribution in [0.4, 0.5) is 4.79 Å². The maximum absolute atomic E-state index is 11.7. The Morgan fingerprint density at radius 3 is 2.14 bits per heavy atom. The van der Waals surface area contributed by atoms with Gasteiger partial charge in [-0.3, -0.25) is 0 Å². The molecule has 116 valence electrons. The Bertz CT molecular complexity index is 486. The summed E-state index contributed by atoms with van der Waals surface area (Å²) in [5.41, 5.74) is 0. The number of methoxy groups -OCH3 is 3. The van der Waals surface area contributed by atoms with Crippen LogP contribution < -0.4 is 18.9 Å². The zero-order chi connectivity index (χ0) is 15.8. The number of carbonyl (C=O) groups excluding carboxylic acids is 1. The summed E-state index contributed by atoms with van der Waals surface area (Å²) >= 11 is 5.45. The van der Waals surface area contributed by atoms with Gasteiger partial charge in [-0.15, -0.1) is 16.5 Å². The lowest BCUT2D eigenvalue weighted by atomic mass is 10.2. The fourth-order valence-corrected chi connectivity index (χ4v) is 1.68. The number of nitrogens with zero attached hydrogens (tertiary/aromatic N) is 2. The van der Waals surface area contributed by atoms with E-state index in [1.807, 2.05) is 0 Å². The molecule has 0 aliphatic rings. The first kappa shape index (κ1) is 16.8. The molecule has 0 radical (unpaired) electrons. The van der Waals surface area contributed by atoms with Crippen molar-refractivity contribution in [3.05, 3.63) is 17.0 Å². The van der Waals surface area contributed by atoms with Crippen molar-refractivity contribution in [1.29, 1.82) is 0 Å². The molecule has 0 aliphatic heterocycles. The van der Waals surface area contributed by atoms with E-state index in [4.69, 9.17) is 30.5 Å². The van der Waals surface area contributed by atoms with Crippen LogP contribution >= 0.6 is 11.6 Å². The van der Waals surface area contributed by atoms with Gasteiger partial charge >= 0.3 is 6.09 Å². The van der Waals surface area contributed by atoms with Gasteiger partial charge in [0.25, 0.3) is 0 Å². The third-order valence-corrected chi connectivity index (χ3v) is 2.62. The fraction of sp³-hybridized carbons (Fsp3) is 0.417. The molecular weight excluding hydrogens is 304 g/mol. The van der Waals surface area contributed by atoms with Crippen LogP contribution in [0.15, 0.2) is 17.4 Å².